The minimum Gasteiger partial charge on any atom is -0.351 e. The third kappa shape index (κ3) is 3.23. The highest BCUT2D eigenvalue weighted by atomic mass is 16.7. The van der Waals surface area contributed by atoms with Crippen LogP contribution in [0.25, 0.3) is 0 Å². The first-order valence-electron chi connectivity index (χ1n) is 3.89. The van der Waals surface area contributed by atoms with Gasteiger partial charge in [0.1, 0.15) is 0 Å². The number of nitrogens with zero attached hydrogens (tertiary/aromatic N) is 1. The standard InChI is InChI=1S/C9H12N2O2/c1-11(2)10-13-9(12)8-6-4-3-5-7-8/h3-7,10H,1-2H3. The first-order chi connectivity index (χ1) is 6.20. The van der Waals surface area contributed by atoms with Gasteiger partial charge in [-0.25, -0.2) is 9.80 Å². The fraction of sp³-hybridized carbons (Fsp3) is 0.222. The molecule has 0 unspecified atom stereocenters. The van der Waals surface area contributed by atoms with E-state index in [1.807, 2.05) is 6.07 Å². The molecular weight excluding hydrogens is 168 g/mol. The second kappa shape index (κ2) is 4.59. The smallest absolute Gasteiger partial charge is 0.351 e. The molecule has 1 rings (SSSR count). The van der Waals surface area contributed by atoms with E-state index in [4.69, 9.17) is 4.84 Å². The molecule has 0 aromatic heterocycles. The Bertz CT molecular complexity index is 272. The maximum Gasteiger partial charge on any atom is 0.358 e. The van der Waals surface area contributed by atoms with Crippen LogP contribution in [-0.4, -0.2) is 25.1 Å². The van der Waals surface area contributed by atoms with Crippen LogP contribution in [0.5, 0.6) is 0 Å². The molecule has 0 spiro atoms. The molecule has 4 nitrogen and oxygen atoms in total. The normalized spacial score (nSPS) is 10.1. The van der Waals surface area contributed by atoms with Crippen molar-refractivity contribution in [1.82, 2.24) is 10.6 Å². The lowest BCUT2D eigenvalue weighted by Gasteiger charge is -2.10. The van der Waals surface area contributed by atoms with Gasteiger partial charge in [-0.05, 0) is 12.1 Å². The predicted molar refractivity (Wildman–Crippen MR) is 48.7 cm³/mol. The van der Waals surface area contributed by atoms with Crippen molar-refractivity contribution in [2.75, 3.05) is 14.1 Å². The maximum atomic E-state index is 11.2. The summed E-state index contributed by atoms with van der Waals surface area (Å²) in [4.78, 5) is 16.0. The highest BCUT2D eigenvalue weighted by Gasteiger charge is 2.05. The zero-order valence-electron chi connectivity index (χ0n) is 7.65. The van der Waals surface area contributed by atoms with E-state index in [-0.39, 0.29) is 0 Å². The molecule has 0 atom stereocenters. The van der Waals surface area contributed by atoms with E-state index < -0.39 is 5.97 Å². The number of benzene rings is 1. The Hall–Kier alpha value is -1.39. The third-order valence-electron chi connectivity index (χ3n) is 1.33. The Morgan fingerprint density at radius 3 is 2.46 bits per heavy atom. The fourth-order valence-corrected chi connectivity index (χ4v) is 0.766. The van der Waals surface area contributed by atoms with Gasteiger partial charge >= 0.3 is 5.97 Å². The Labute approximate surface area is 77.0 Å². The summed E-state index contributed by atoms with van der Waals surface area (Å²) in [5, 5.41) is 1.54. The zero-order valence-corrected chi connectivity index (χ0v) is 7.65. The second-order valence-corrected chi connectivity index (χ2v) is 2.74. The lowest BCUT2D eigenvalue weighted by molar-refractivity contribution is -0.0296. The van der Waals surface area contributed by atoms with E-state index in [1.54, 1.807) is 43.4 Å². The molecule has 1 aromatic carbocycles. The van der Waals surface area contributed by atoms with Crippen molar-refractivity contribution in [3.05, 3.63) is 35.9 Å². The van der Waals surface area contributed by atoms with Crippen molar-refractivity contribution < 1.29 is 9.63 Å². The third-order valence-corrected chi connectivity index (χ3v) is 1.33. The summed E-state index contributed by atoms with van der Waals surface area (Å²) in [6.07, 6.45) is 0. The van der Waals surface area contributed by atoms with Gasteiger partial charge in [0.2, 0.25) is 0 Å². The molecule has 13 heavy (non-hydrogen) atoms. The Balaban J connectivity index is 2.50. The molecule has 0 bridgehead atoms. The monoisotopic (exact) mass is 180 g/mol. The largest absolute Gasteiger partial charge is 0.358 e. The van der Waals surface area contributed by atoms with Gasteiger partial charge < -0.3 is 4.84 Å². The van der Waals surface area contributed by atoms with E-state index in [1.165, 1.54) is 0 Å². The molecule has 1 aromatic rings. The molecule has 0 aliphatic carbocycles. The van der Waals surface area contributed by atoms with Crippen molar-refractivity contribution in [1.29, 1.82) is 0 Å². The van der Waals surface area contributed by atoms with Crippen LogP contribution >= 0.6 is 0 Å². The average molecular weight is 180 g/mol. The minimum absolute atomic E-state index is 0.394. The zero-order chi connectivity index (χ0) is 9.68. The molecule has 0 fully saturated rings. The van der Waals surface area contributed by atoms with E-state index in [0.717, 1.165) is 0 Å². The fourth-order valence-electron chi connectivity index (χ4n) is 0.766. The summed E-state index contributed by atoms with van der Waals surface area (Å²) in [6, 6.07) is 8.80. The summed E-state index contributed by atoms with van der Waals surface area (Å²) < 4.78 is 0. The van der Waals surface area contributed by atoms with Crippen molar-refractivity contribution in [3.8, 4) is 0 Å². The summed E-state index contributed by atoms with van der Waals surface area (Å²) in [5.41, 5.74) is 2.95. The molecular formula is C9H12N2O2. The van der Waals surface area contributed by atoms with Crippen molar-refractivity contribution >= 4 is 5.97 Å². The molecule has 0 radical (unpaired) electrons. The molecule has 0 heterocycles. The number of carbonyl (C=O) groups is 1. The Morgan fingerprint density at radius 1 is 1.31 bits per heavy atom. The molecule has 1 N–H and O–H groups in total. The van der Waals surface area contributed by atoms with Crippen molar-refractivity contribution in [2.45, 2.75) is 0 Å². The highest BCUT2D eigenvalue weighted by Crippen LogP contribution is 1.99. The molecule has 70 valence electrons. The van der Waals surface area contributed by atoms with E-state index >= 15 is 0 Å². The van der Waals surface area contributed by atoms with Crippen LogP contribution in [0.4, 0.5) is 0 Å². The van der Waals surface area contributed by atoms with E-state index in [9.17, 15) is 4.79 Å². The SMILES string of the molecule is CN(C)NOC(=O)c1ccccc1. The first kappa shape index (κ1) is 9.70. The summed E-state index contributed by atoms with van der Waals surface area (Å²) in [5.74, 6) is -0.394. The Morgan fingerprint density at radius 2 is 1.92 bits per heavy atom. The first-order valence-corrected chi connectivity index (χ1v) is 3.89. The van der Waals surface area contributed by atoms with Crippen LogP contribution in [0.3, 0.4) is 0 Å². The second-order valence-electron chi connectivity index (χ2n) is 2.74. The number of hydrogen-bond donors (Lipinski definition) is 1. The van der Waals surface area contributed by atoms with Gasteiger partial charge in [0.15, 0.2) is 0 Å². The lowest BCUT2D eigenvalue weighted by atomic mass is 10.2. The molecule has 0 aliphatic rings. The van der Waals surface area contributed by atoms with Crippen molar-refractivity contribution in [3.63, 3.8) is 0 Å². The van der Waals surface area contributed by atoms with Gasteiger partial charge in [0.05, 0.1) is 5.56 Å². The van der Waals surface area contributed by atoms with Gasteiger partial charge in [-0.1, -0.05) is 23.8 Å². The van der Waals surface area contributed by atoms with E-state index in [2.05, 4.69) is 5.59 Å². The topological polar surface area (TPSA) is 41.6 Å². The minimum atomic E-state index is -0.394. The van der Waals surface area contributed by atoms with E-state index in [0.29, 0.717) is 5.56 Å². The summed E-state index contributed by atoms with van der Waals surface area (Å²) >= 11 is 0. The number of hydrogen-bond acceptors (Lipinski definition) is 4. The number of nitrogens with one attached hydrogen (secondary N) is 1. The van der Waals surface area contributed by atoms with Gasteiger partial charge in [-0.2, -0.15) is 0 Å². The average Bonchev–Trinajstić information content (AvgIpc) is 2.15. The summed E-state index contributed by atoms with van der Waals surface area (Å²) in [7, 11) is 3.47. The van der Waals surface area contributed by atoms with Crippen LogP contribution in [0.15, 0.2) is 30.3 Å². The quantitative estimate of drug-likeness (QED) is 0.699. The maximum absolute atomic E-state index is 11.2. The molecule has 0 saturated carbocycles. The predicted octanol–water partition coefficient (Wildman–Crippen LogP) is 0.825. The van der Waals surface area contributed by atoms with Gasteiger partial charge in [-0.15, -0.1) is 0 Å². The molecule has 0 aliphatic heterocycles. The van der Waals surface area contributed by atoms with Crippen LogP contribution in [0.2, 0.25) is 0 Å². The molecule has 0 saturated heterocycles. The lowest BCUT2D eigenvalue weighted by Crippen LogP contribution is -2.32. The molecule has 4 heteroatoms. The summed E-state index contributed by atoms with van der Waals surface area (Å²) in [6.45, 7) is 0. The van der Waals surface area contributed by atoms with Gasteiger partial charge in [0.25, 0.3) is 0 Å². The van der Waals surface area contributed by atoms with Crippen LogP contribution in [0.1, 0.15) is 10.4 Å². The van der Waals surface area contributed by atoms with Crippen LogP contribution in [-0.2, 0) is 4.84 Å². The molecule has 0 amide bonds. The number of hydrazine groups is 1. The Kier molecular flexibility index (Phi) is 3.42. The van der Waals surface area contributed by atoms with Crippen LogP contribution < -0.4 is 5.59 Å². The van der Waals surface area contributed by atoms with Gasteiger partial charge in [0, 0.05) is 14.1 Å². The van der Waals surface area contributed by atoms with Gasteiger partial charge in [-0.3, -0.25) is 0 Å². The number of rotatable bonds is 3. The highest BCUT2D eigenvalue weighted by molar-refractivity contribution is 5.89. The van der Waals surface area contributed by atoms with Crippen LogP contribution in [0, 0.1) is 0 Å². The van der Waals surface area contributed by atoms with Crippen molar-refractivity contribution in [2.24, 2.45) is 0 Å². The number of carbonyl (C=O) groups excluding carboxylic acids is 1.